The maximum Gasteiger partial charge on any atom is 0.321 e. The monoisotopic (exact) mass is 784 g/mol. The molecule has 0 atom stereocenters. The summed E-state index contributed by atoms with van der Waals surface area (Å²) in [5.74, 6) is -2.40. The number of urea groups is 2. The van der Waals surface area contributed by atoms with Gasteiger partial charge < -0.3 is 54.8 Å². The lowest BCUT2D eigenvalue weighted by Gasteiger charge is -2.30. The van der Waals surface area contributed by atoms with Crippen molar-refractivity contribution in [1.29, 1.82) is 0 Å². The van der Waals surface area contributed by atoms with Crippen molar-refractivity contribution in [2.75, 3.05) is 59.7 Å². The first-order chi connectivity index (χ1) is 25.7. The van der Waals surface area contributed by atoms with Gasteiger partial charge in [-0.15, -0.1) is 0 Å². The van der Waals surface area contributed by atoms with E-state index < -0.39 is 11.8 Å². The summed E-state index contributed by atoms with van der Waals surface area (Å²) >= 11 is 11.7. The number of benzene rings is 1. The number of carbonyl (C=O) groups is 4. The first kappa shape index (κ1) is 38.8. The minimum absolute atomic E-state index is 0.109. The SMILES string of the molecule is NC(=NC1CCN(C(=O)Nc2ccc(NC(=O)N3CCC(N=C(N)NC(=O)c4nc(Cl)c(N)nc4N)CC3)cc2)CC1)NC(=O)c1nc(Cl)c(N)nc1N. The minimum atomic E-state index is -0.741. The van der Waals surface area contributed by atoms with Crippen molar-refractivity contribution in [3.8, 4) is 0 Å². The third kappa shape index (κ3) is 9.92. The largest absolute Gasteiger partial charge is 0.382 e. The molecule has 22 nitrogen and oxygen atoms in total. The van der Waals surface area contributed by atoms with Gasteiger partial charge in [-0.05, 0) is 49.9 Å². The summed E-state index contributed by atoms with van der Waals surface area (Å²) in [6, 6.07) is 5.62. The molecule has 0 bridgehead atoms. The Labute approximate surface area is 317 Å². The Morgan fingerprint density at radius 3 is 1.26 bits per heavy atom. The molecule has 3 aromatic rings. The number of aromatic nitrogens is 4. The van der Waals surface area contributed by atoms with Gasteiger partial charge >= 0.3 is 12.1 Å². The number of piperidine rings is 2. The van der Waals surface area contributed by atoms with Gasteiger partial charge in [-0.3, -0.25) is 20.2 Å². The summed E-state index contributed by atoms with van der Waals surface area (Å²) in [6.45, 7) is 1.59. The molecular formula is C30H38Cl2N18O4. The molecule has 5 rings (SSSR count). The minimum Gasteiger partial charge on any atom is -0.382 e. The molecule has 2 aliphatic heterocycles. The van der Waals surface area contributed by atoms with Crippen LogP contribution in [0.3, 0.4) is 0 Å². The molecular weight excluding hydrogens is 747 g/mol. The lowest BCUT2D eigenvalue weighted by atomic mass is 10.1. The molecule has 2 aliphatic rings. The molecule has 2 fully saturated rings. The van der Waals surface area contributed by atoms with Gasteiger partial charge in [0.1, 0.15) is 0 Å². The summed E-state index contributed by atoms with van der Waals surface area (Å²) in [4.78, 5) is 78.0. The van der Waals surface area contributed by atoms with Crippen LogP contribution in [0.5, 0.6) is 0 Å². The van der Waals surface area contributed by atoms with Crippen LogP contribution in [0.25, 0.3) is 0 Å². The van der Waals surface area contributed by atoms with Crippen LogP contribution in [0.2, 0.25) is 10.3 Å². The van der Waals surface area contributed by atoms with E-state index >= 15 is 0 Å². The number of hydrogen-bond donors (Lipinski definition) is 10. The third-order valence-electron chi connectivity index (χ3n) is 8.26. The van der Waals surface area contributed by atoms with Crippen LogP contribution in [0.1, 0.15) is 46.7 Å². The van der Waals surface area contributed by atoms with Gasteiger partial charge in [-0.1, -0.05) is 23.2 Å². The second kappa shape index (κ2) is 16.9. The summed E-state index contributed by atoms with van der Waals surface area (Å²) < 4.78 is 0. The molecule has 16 N–H and O–H groups in total. The number of guanidine groups is 2. The predicted octanol–water partition coefficient (Wildman–Crippen LogP) is 0.384. The van der Waals surface area contributed by atoms with E-state index in [4.69, 9.17) is 57.6 Å². The zero-order valence-corrected chi connectivity index (χ0v) is 30.1. The Kier molecular flexibility index (Phi) is 12.2. The number of nitrogens with zero attached hydrogens (tertiary/aromatic N) is 8. The fourth-order valence-electron chi connectivity index (χ4n) is 5.46. The van der Waals surface area contributed by atoms with Crippen LogP contribution in [-0.2, 0) is 0 Å². The van der Waals surface area contributed by atoms with Crippen LogP contribution < -0.4 is 55.7 Å². The number of nitrogens with one attached hydrogen (secondary N) is 4. The predicted molar refractivity (Wildman–Crippen MR) is 204 cm³/mol. The molecule has 286 valence electrons. The average molecular weight is 786 g/mol. The summed E-state index contributed by atoms with van der Waals surface area (Å²) in [5, 5.41) is 10.2. The van der Waals surface area contributed by atoms with E-state index in [9.17, 15) is 19.2 Å². The van der Waals surface area contributed by atoms with Gasteiger partial charge in [0, 0.05) is 37.6 Å². The number of nitrogen functional groups attached to an aromatic ring is 4. The molecule has 0 unspecified atom stereocenters. The first-order valence-electron chi connectivity index (χ1n) is 16.3. The van der Waals surface area contributed by atoms with Crippen LogP contribution in [0.4, 0.5) is 44.2 Å². The number of halogens is 2. The number of hydrogen-bond acceptors (Lipinski definition) is 14. The van der Waals surface area contributed by atoms with Crippen molar-refractivity contribution in [3.63, 3.8) is 0 Å². The zero-order chi connectivity index (χ0) is 39.1. The second-order valence-electron chi connectivity index (χ2n) is 12.1. The van der Waals surface area contributed by atoms with E-state index in [1.54, 1.807) is 34.1 Å². The number of aliphatic imine (C=N–C) groups is 2. The lowest BCUT2D eigenvalue weighted by Crippen LogP contribution is -2.44. The van der Waals surface area contributed by atoms with E-state index in [2.05, 4.69) is 51.2 Å². The summed E-state index contributed by atoms with van der Waals surface area (Å²) in [6.07, 6.45) is 2.01. The van der Waals surface area contributed by atoms with Gasteiger partial charge in [0.25, 0.3) is 11.8 Å². The van der Waals surface area contributed by atoms with Crippen LogP contribution in [0.15, 0.2) is 34.3 Å². The highest BCUT2D eigenvalue weighted by Gasteiger charge is 2.26. The van der Waals surface area contributed by atoms with E-state index in [-0.39, 0.29) is 81.0 Å². The molecule has 2 aromatic heterocycles. The molecule has 2 saturated heterocycles. The van der Waals surface area contributed by atoms with E-state index in [1.165, 1.54) is 0 Å². The molecule has 0 spiro atoms. The smallest absolute Gasteiger partial charge is 0.321 e. The van der Waals surface area contributed by atoms with Crippen LogP contribution in [-0.4, -0.2) is 104 Å². The molecule has 0 radical (unpaired) electrons. The van der Waals surface area contributed by atoms with E-state index in [0.717, 1.165) is 0 Å². The first-order valence-corrected chi connectivity index (χ1v) is 17.1. The number of amides is 6. The maximum absolute atomic E-state index is 12.9. The third-order valence-corrected chi connectivity index (χ3v) is 8.81. The fraction of sp³-hybridized carbons (Fsp3) is 0.333. The number of rotatable bonds is 6. The van der Waals surface area contributed by atoms with Crippen LogP contribution >= 0.6 is 23.2 Å². The topological polar surface area (TPSA) is 355 Å². The van der Waals surface area contributed by atoms with E-state index in [0.29, 0.717) is 63.2 Å². The second-order valence-corrected chi connectivity index (χ2v) is 12.8. The number of likely N-dealkylation sites (tertiary alicyclic amines) is 2. The molecule has 0 aliphatic carbocycles. The summed E-state index contributed by atoms with van der Waals surface area (Å²) in [5.41, 5.74) is 34.9. The Morgan fingerprint density at radius 1 is 0.593 bits per heavy atom. The van der Waals surface area contributed by atoms with Gasteiger partial charge in [-0.2, -0.15) is 0 Å². The van der Waals surface area contributed by atoms with Crippen molar-refractivity contribution in [1.82, 2.24) is 40.4 Å². The maximum atomic E-state index is 12.9. The highest BCUT2D eigenvalue weighted by Crippen LogP contribution is 2.21. The van der Waals surface area contributed by atoms with Gasteiger partial charge in [-0.25, -0.2) is 39.5 Å². The van der Waals surface area contributed by atoms with Crippen molar-refractivity contribution in [3.05, 3.63) is 46.0 Å². The number of carbonyl (C=O) groups excluding carboxylic acids is 4. The average Bonchev–Trinajstić information content (AvgIpc) is 3.12. The van der Waals surface area contributed by atoms with Gasteiger partial charge in [0.05, 0.1) is 12.1 Å². The Balaban J connectivity index is 1.02. The molecule has 4 heterocycles. The zero-order valence-electron chi connectivity index (χ0n) is 28.6. The summed E-state index contributed by atoms with van der Waals surface area (Å²) in [7, 11) is 0. The quantitative estimate of drug-likeness (QED) is 0.119. The fourth-order valence-corrected chi connectivity index (χ4v) is 5.72. The highest BCUT2D eigenvalue weighted by atomic mass is 35.5. The standard InChI is InChI=1S/C30H38Cl2N18O4/c31-19-23(35)45-21(33)17(43-19)25(51)47-27(37)39-15-5-9-49(10-6-15)29(53)41-13-1-2-14(4-3-13)42-30(54)50-11-7-16(8-12-50)40-28(38)48-26(52)18-22(34)46-24(36)20(32)44-18/h1-4,15-16H,5-12H2,(H,41,53)(H,42,54)(H4,33,35,45)(H4,34,36,46)(H3,37,39,47,51)(H3,38,40,48,52). The van der Waals surface area contributed by atoms with E-state index in [1.807, 2.05) is 0 Å². The Hall–Kier alpha value is -6.42. The number of anilines is 6. The molecule has 6 amide bonds. The molecule has 0 saturated carbocycles. The van der Waals surface area contributed by atoms with Crippen molar-refractivity contribution in [2.45, 2.75) is 37.8 Å². The van der Waals surface area contributed by atoms with Crippen LogP contribution in [0, 0.1) is 0 Å². The Bertz CT molecular complexity index is 1840. The molecule has 24 heteroatoms. The lowest BCUT2D eigenvalue weighted by molar-refractivity contribution is 0.0963. The molecule has 1 aromatic carbocycles. The number of nitrogens with two attached hydrogens (primary N) is 6. The normalized spacial score (nSPS) is 15.7. The van der Waals surface area contributed by atoms with Crippen molar-refractivity contribution in [2.24, 2.45) is 21.5 Å². The van der Waals surface area contributed by atoms with Crippen molar-refractivity contribution < 1.29 is 19.2 Å². The van der Waals surface area contributed by atoms with Gasteiger partial charge in [0.2, 0.25) is 0 Å². The molecule has 54 heavy (non-hydrogen) atoms. The van der Waals surface area contributed by atoms with Gasteiger partial charge in [0.15, 0.2) is 56.9 Å². The highest BCUT2D eigenvalue weighted by molar-refractivity contribution is 6.32. The van der Waals surface area contributed by atoms with Crippen molar-refractivity contribution >= 4 is 93.6 Å². The Morgan fingerprint density at radius 2 is 0.926 bits per heavy atom.